The van der Waals surface area contributed by atoms with Crippen molar-refractivity contribution >= 4 is 17.5 Å². The summed E-state index contributed by atoms with van der Waals surface area (Å²) in [5.74, 6) is 0.0340. The van der Waals surface area contributed by atoms with Gasteiger partial charge in [-0.05, 0) is 43.4 Å². The number of piperidine rings is 1. The van der Waals surface area contributed by atoms with Gasteiger partial charge in [-0.15, -0.1) is 0 Å². The summed E-state index contributed by atoms with van der Waals surface area (Å²) in [6, 6.07) is 8.11. The normalized spacial score (nSPS) is 19.6. The van der Waals surface area contributed by atoms with Gasteiger partial charge in [0.05, 0.1) is 0 Å². The lowest BCUT2D eigenvalue weighted by Gasteiger charge is -2.35. The van der Waals surface area contributed by atoms with Gasteiger partial charge in [-0.25, -0.2) is 0 Å². The summed E-state index contributed by atoms with van der Waals surface area (Å²) < 4.78 is 0. The Morgan fingerprint density at radius 2 is 2.22 bits per heavy atom. The van der Waals surface area contributed by atoms with E-state index in [0.717, 1.165) is 36.4 Å². The highest BCUT2D eigenvalue weighted by Crippen LogP contribution is 2.24. The molecule has 0 aliphatic carbocycles. The summed E-state index contributed by atoms with van der Waals surface area (Å²) in [4.78, 5) is 13.8. The van der Waals surface area contributed by atoms with Gasteiger partial charge >= 0.3 is 0 Å². The zero-order chi connectivity index (χ0) is 13.0. The van der Waals surface area contributed by atoms with Crippen molar-refractivity contribution < 1.29 is 4.79 Å². The predicted molar refractivity (Wildman–Crippen MR) is 74.7 cm³/mol. The summed E-state index contributed by atoms with van der Waals surface area (Å²) in [5, 5.41) is 0.786. The number of nitrogens with zero attached hydrogens (tertiary/aromatic N) is 1. The van der Waals surface area contributed by atoms with E-state index in [9.17, 15) is 4.79 Å². The second-order valence-corrected chi connectivity index (χ2v) is 5.09. The van der Waals surface area contributed by atoms with Crippen LogP contribution >= 0.6 is 11.6 Å². The summed E-state index contributed by atoms with van der Waals surface area (Å²) in [5.41, 5.74) is 1.12. The van der Waals surface area contributed by atoms with Crippen LogP contribution in [0.4, 0.5) is 0 Å². The van der Waals surface area contributed by atoms with Gasteiger partial charge in [0.2, 0.25) is 5.91 Å². The maximum Gasteiger partial charge on any atom is 0.246 e. The Morgan fingerprint density at radius 1 is 1.44 bits per heavy atom. The number of carbonyl (C=O) groups is 1. The number of carbonyl (C=O) groups excluding carboxylic acids is 1. The third-order valence-corrected chi connectivity index (χ3v) is 3.87. The van der Waals surface area contributed by atoms with Crippen molar-refractivity contribution in [3.63, 3.8) is 0 Å². The number of likely N-dealkylation sites (tertiary alicyclic amines) is 1. The maximum absolute atomic E-state index is 11.8. The van der Waals surface area contributed by atoms with Crippen LogP contribution in [0.1, 0.15) is 24.8 Å². The molecule has 2 rings (SSSR count). The first-order chi connectivity index (χ1) is 8.72. The summed E-state index contributed by atoms with van der Waals surface area (Å²) in [6.45, 7) is 4.41. The molecule has 0 N–H and O–H groups in total. The molecule has 0 radical (unpaired) electrons. The zero-order valence-electron chi connectivity index (χ0n) is 10.4. The molecule has 96 valence electrons. The molecule has 1 aromatic rings. The van der Waals surface area contributed by atoms with Crippen molar-refractivity contribution in [2.75, 3.05) is 6.54 Å². The highest BCUT2D eigenvalue weighted by molar-refractivity contribution is 6.31. The molecule has 1 saturated heterocycles. The Balaban J connectivity index is 2.13. The predicted octanol–water partition coefficient (Wildman–Crippen LogP) is 3.45. The van der Waals surface area contributed by atoms with Crippen LogP contribution in [0.5, 0.6) is 0 Å². The highest BCUT2D eigenvalue weighted by atomic mass is 35.5. The molecule has 1 aliphatic heterocycles. The first-order valence-electron chi connectivity index (χ1n) is 6.39. The van der Waals surface area contributed by atoms with Crippen LogP contribution in [0, 0.1) is 0 Å². The first-order valence-corrected chi connectivity index (χ1v) is 6.76. The monoisotopic (exact) mass is 263 g/mol. The molecule has 1 aliphatic rings. The van der Waals surface area contributed by atoms with Gasteiger partial charge in [0.25, 0.3) is 0 Å². The van der Waals surface area contributed by atoms with Crippen LogP contribution in [0.3, 0.4) is 0 Å². The lowest BCUT2D eigenvalue weighted by Crippen LogP contribution is -2.44. The van der Waals surface area contributed by atoms with Crippen molar-refractivity contribution in [3.05, 3.63) is 47.5 Å². The summed E-state index contributed by atoms with van der Waals surface area (Å²) >= 11 is 6.18. The Kier molecular flexibility index (Phi) is 4.43. The van der Waals surface area contributed by atoms with E-state index < -0.39 is 0 Å². The quantitative estimate of drug-likeness (QED) is 0.765. The molecule has 1 atom stereocenters. The topological polar surface area (TPSA) is 20.3 Å². The molecule has 1 amide bonds. The molecule has 18 heavy (non-hydrogen) atoms. The third kappa shape index (κ3) is 2.94. The van der Waals surface area contributed by atoms with E-state index in [1.807, 2.05) is 29.2 Å². The fourth-order valence-corrected chi connectivity index (χ4v) is 2.75. The van der Waals surface area contributed by atoms with Crippen molar-refractivity contribution in [1.29, 1.82) is 0 Å². The van der Waals surface area contributed by atoms with E-state index in [1.54, 1.807) is 0 Å². The molecule has 1 fully saturated rings. The molecule has 1 unspecified atom stereocenters. The molecule has 0 bridgehead atoms. The largest absolute Gasteiger partial charge is 0.336 e. The van der Waals surface area contributed by atoms with Crippen molar-refractivity contribution in [2.24, 2.45) is 0 Å². The molecule has 0 aromatic heterocycles. The molecular formula is C15H18ClNO. The van der Waals surface area contributed by atoms with Crippen LogP contribution in [-0.2, 0) is 11.2 Å². The van der Waals surface area contributed by atoms with Gasteiger partial charge in [-0.2, -0.15) is 0 Å². The number of hydrogen-bond donors (Lipinski definition) is 0. The standard InChI is InChI=1S/C15H18ClNO/c1-2-15(18)17-10-6-5-8-13(17)11-12-7-3-4-9-14(12)16/h2-4,7,9,13H,1,5-6,8,10-11H2. The van der Waals surface area contributed by atoms with Crippen molar-refractivity contribution in [2.45, 2.75) is 31.7 Å². The number of benzene rings is 1. The number of hydrogen-bond acceptors (Lipinski definition) is 1. The van der Waals surface area contributed by atoms with E-state index in [1.165, 1.54) is 12.5 Å². The number of halogens is 1. The van der Waals surface area contributed by atoms with Crippen LogP contribution in [0.25, 0.3) is 0 Å². The van der Waals surface area contributed by atoms with E-state index in [4.69, 9.17) is 11.6 Å². The Labute approximate surface area is 113 Å². The van der Waals surface area contributed by atoms with E-state index >= 15 is 0 Å². The number of amides is 1. The average Bonchev–Trinajstić information content (AvgIpc) is 2.41. The van der Waals surface area contributed by atoms with Crippen LogP contribution in [0.15, 0.2) is 36.9 Å². The first kappa shape index (κ1) is 13.2. The Morgan fingerprint density at radius 3 is 2.94 bits per heavy atom. The minimum atomic E-state index is 0.0340. The van der Waals surface area contributed by atoms with Gasteiger partial charge in [0, 0.05) is 17.6 Å². The molecule has 1 aromatic carbocycles. The molecular weight excluding hydrogens is 246 g/mol. The second kappa shape index (κ2) is 6.05. The number of rotatable bonds is 3. The SMILES string of the molecule is C=CC(=O)N1CCCCC1Cc1ccccc1Cl. The lowest BCUT2D eigenvalue weighted by molar-refractivity contribution is -0.129. The van der Waals surface area contributed by atoms with Gasteiger partial charge in [0.1, 0.15) is 0 Å². The van der Waals surface area contributed by atoms with Gasteiger partial charge in [-0.1, -0.05) is 36.4 Å². The molecule has 2 nitrogen and oxygen atoms in total. The van der Waals surface area contributed by atoms with Crippen LogP contribution in [0.2, 0.25) is 5.02 Å². The third-order valence-electron chi connectivity index (χ3n) is 3.50. The highest BCUT2D eigenvalue weighted by Gasteiger charge is 2.25. The van der Waals surface area contributed by atoms with Crippen LogP contribution in [-0.4, -0.2) is 23.4 Å². The van der Waals surface area contributed by atoms with Crippen LogP contribution < -0.4 is 0 Å². The fourth-order valence-electron chi connectivity index (χ4n) is 2.54. The molecule has 0 saturated carbocycles. The van der Waals surface area contributed by atoms with Gasteiger partial charge < -0.3 is 4.90 Å². The van der Waals surface area contributed by atoms with Crippen molar-refractivity contribution in [3.8, 4) is 0 Å². The Hall–Kier alpha value is -1.28. The average molecular weight is 264 g/mol. The minimum absolute atomic E-state index is 0.0340. The molecule has 1 heterocycles. The molecule has 0 spiro atoms. The second-order valence-electron chi connectivity index (χ2n) is 4.68. The Bertz CT molecular complexity index is 444. The van der Waals surface area contributed by atoms with E-state index in [-0.39, 0.29) is 11.9 Å². The zero-order valence-corrected chi connectivity index (χ0v) is 11.2. The summed E-state index contributed by atoms with van der Waals surface area (Å²) in [6.07, 6.45) is 5.55. The summed E-state index contributed by atoms with van der Waals surface area (Å²) in [7, 11) is 0. The van der Waals surface area contributed by atoms with E-state index in [2.05, 4.69) is 6.58 Å². The molecule has 3 heteroatoms. The fraction of sp³-hybridized carbons (Fsp3) is 0.400. The van der Waals surface area contributed by atoms with Gasteiger partial charge in [0.15, 0.2) is 0 Å². The lowest BCUT2D eigenvalue weighted by atomic mass is 9.95. The maximum atomic E-state index is 11.8. The van der Waals surface area contributed by atoms with Gasteiger partial charge in [-0.3, -0.25) is 4.79 Å². The van der Waals surface area contributed by atoms with E-state index in [0.29, 0.717) is 0 Å². The van der Waals surface area contributed by atoms with Crippen molar-refractivity contribution in [1.82, 2.24) is 4.90 Å². The minimum Gasteiger partial charge on any atom is -0.336 e. The smallest absolute Gasteiger partial charge is 0.246 e.